The molecule has 0 spiro atoms. The zero-order valence-corrected chi connectivity index (χ0v) is 11.4. The number of nitrogens with zero attached hydrogens (tertiary/aromatic N) is 2. The fourth-order valence-electron chi connectivity index (χ4n) is 1.75. The van der Waals surface area contributed by atoms with Gasteiger partial charge in [0.15, 0.2) is 0 Å². The normalized spacial score (nSPS) is 20.8. The van der Waals surface area contributed by atoms with Gasteiger partial charge in [0.25, 0.3) is 0 Å². The van der Waals surface area contributed by atoms with Crippen molar-refractivity contribution in [2.75, 3.05) is 0 Å². The predicted molar refractivity (Wildman–Crippen MR) is 69.4 cm³/mol. The number of nitriles is 1. The number of pyridine rings is 1. The Morgan fingerprint density at radius 3 is 2.28 bits per heavy atom. The Morgan fingerprint density at radius 1 is 1.22 bits per heavy atom. The second-order valence-electron chi connectivity index (χ2n) is 5.62. The molecule has 2 heterocycles. The fourth-order valence-corrected chi connectivity index (χ4v) is 1.75. The molecule has 0 amide bonds. The quantitative estimate of drug-likeness (QED) is 0.703. The third-order valence-corrected chi connectivity index (χ3v) is 3.74. The van der Waals surface area contributed by atoms with E-state index in [2.05, 4.69) is 11.1 Å². The first-order valence-electron chi connectivity index (χ1n) is 5.99. The molecule has 1 aromatic rings. The molecular weight excluding hydrogens is 227 g/mol. The van der Waals surface area contributed by atoms with Crippen LogP contribution < -0.4 is 5.59 Å². The van der Waals surface area contributed by atoms with E-state index in [0.29, 0.717) is 11.2 Å². The molecular formula is C13H17BN2O2. The summed E-state index contributed by atoms with van der Waals surface area (Å²) in [6.07, 6.45) is 1.68. The third-order valence-electron chi connectivity index (χ3n) is 3.74. The highest BCUT2D eigenvalue weighted by atomic mass is 16.7. The number of hydrogen-bond acceptors (Lipinski definition) is 4. The van der Waals surface area contributed by atoms with E-state index in [0.717, 1.165) is 5.56 Å². The highest BCUT2D eigenvalue weighted by Crippen LogP contribution is 2.36. The predicted octanol–water partition coefficient (Wildman–Crippen LogP) is 1.56. The molecule has 4 nitrogen and oxygen atoms in total. The largest absolute Gasteiger partial charge is 0.514 e. The van der Waals surface area contributed by atoms with Gasteiger partial charge >= 0.3 is 7.12 Å². The van der Waals surface area contributed by atoms with E-state index in [4.69, 9.17) is 14.6 Å². The van der Waals surface area contributed by atoms with Gasteiger partial charge in [-0.05, 0) is 46.2 Å². The van der Waals surface area contributed by atoms with E-state index in [1.165, 1.54) is 0 Å². The summed E-state index contributed by atoms with van der Waals surface area (Å²) in [5.41, 5.74) is 1.33. The summed E-state index contributed by atoms with van der Waals surface area (Å²) in [5.74, 6) is 0. The lowest BCUT2D eigenvalue weighted by Crippen LogP contribution is -2.41. The van der Waals surface area contributed by atoms with Gasteiger partial charge in [0.2, 0.25) is 0 Å². The van der Waals surface area contributed by atoms with Crippen LogP contribution in [0.5, 0.6) is 0 Å². The van der Waals surface area contributed by atoms with E-state index >= 15 is 0 Å². The third kappa shape index (κ3) is 2.02. The van der Waals surface area contributed by atoms with Crippen LogP contribution in [0.25, 0.3) is 0 Å². The number of rotatable bonds is 1. The molecule has 5 heteroatoms. The van der Waals surface area contributed by atoms with Crippen LogP contribution in [-0.2, 0) is 9.31 Å². The average molecular weight is 244 g/mol. The summed E-state index contributed by atoms with van der Waals surface area (Å²) in [7, 11) is -0.511. The molecule has 0 bridgehead atoms. The molecule has 1 saturated heterocycles. The summed E-state index contributed by atoms with van der Waals surface area (Å²) < 4.78 is 11.8. The van der Waals surface area contributed by atoms with Gasteiger partial charge in [-0.1, -0.05) is 0 Å². The maximum atomic E-state index is 9.03. The molecule has 1 aliphatic heterocycles. The van der Waals surface area contributed by atoms with Gasteiger partial charge in [-0.15, -0.1) is 0 Å². The van der Waals surface area contributed by atoms with E-state index < -0.39 is 18.3 Å². The zero-order valence-electron chi connectivity index (χ0n) is 11.4. The number of aromatic nitrogens is 1. The lowest BCUT2D eigenvalue weighted by atomic mass is 9.83. The number of aryl methyl sites for hydroxylation is 1. The standard InChI is InChI=1S/C13H17BN2O2/c1-9-8-16-11(6-10(9)7-15)14-17-12(2,3)13(4,5)18-14/h6,8H,1-5H3. The molecule has 0 saturated carbocycles. The second-order valence-corrected chi connectivity index (χ2v) is 5.62. The Morgan fingerprint density at radius 2 is 1.78 bits per heavy atom. The fraction of sp³-hybridized carbons (Fsp3) is 0.538. The van der Waals surface area contributed by atoms with E-state index in [-0.39, 0.29) is 0 Å². The van der Waals surface area contributed by atoms with Gasteiger partial charge in [0.1, 0.15) is 0 Å². The van der Waals surface area contributed by atoms with Gasteiger partial charge in [0.05, 0.1) is 28.4 Å². The molecule has 0 N–H and O–H groups in total. The zero-order chi connectivity index (χ0) is 13.6. The first kappa shape index (κ1) is 13.1. The minimum atomic E-state index is -0.511. The van der Waals surface area contributed by atoms with Crippen molar-refractivity contribution < 1.29 is 9.31 Å². The lowest BCUT2D eigenvalue weighted by molar-refractivity contribution is 0.00578. The average Bonchev–Trinajstić information content (AvgIpc) is 2.49. The molecule has 1 aromatic heterocycles. The second kappa shape index (κ2) is 4.08. The Labute approximate surface area is 108 Å². The van der Waals surface area contributed by atoms with Gasteiger partial charge in [-0.2, -0.15) is 5.26 Å². The van der Waals surface area contributed by atoms with Crippen LogP contribution in [0, 0.1) is 18.3 Å². The Bertz CT molecular complexity index is 504. The van der Waals surface area contributed by atoms with Crippen molar-refractivity contribution in [2.24, 2.45) is 0 Å². The molecule has 0 aliphatic carbocycles. The highest BCUT2D eigenvalue weighted by molar-refractivity contribution is 6.61. The van der Waals surface area contributed by atoms with Crippen LogP contribution in [0.1, 0.15) is 38.8 Å². The van der Waals surface area contributed by atoms with E-state index in [1.54, 1.807) is 12.3 Å². The molecule has 2 rings (SSSR count). The van der Waals surface area contributed by atoms with Gasteiger partial charge in [-0.3, -0.25) is 4.98 Å². The van der Waals surface area contributed by atoms with Crippen LogP contribution >= 0.6 is 0 Å². The van der Waals surface area contributed by atoms with Crippen LogP contribution in [-0.4, -0.2) is 23.3 Å². The molecule has 18 heavy (non-hydrogen) atoms. The molecule has 1 aliphatic rings. The van der Waals surface area contributed by atoms with E-state index in [9.17, 15) is 0 Å². The van der Waals surface area contributed by atoms with Crippen molar-refractivity contribution in [1.82, 2.24) is 4.98 Å². The molecule has 0 radical (unpaired) electrons. The SMILES string of the molecule is Cc1cnc(B2OC(C)(C)C(C)(C)O2)cc1C#N. The van der Waals surface area contributed by atoms with Crippen molar-refractivity contribution in [2.45, 2.75) is 45.8 Å². The van der Waals surface area contributed by atoms with Gasteiger partial charge < -0.3 is 9.31 Å². The molecule has 94 valence electrons. The first-order chi connectivity index (χ1) is 8.27. The van der Waals surface area contributed by atoms with Crippen molar-refractivity contribution in [3.63, 3.8) is 0 Å². The van der Waals surface area contributed by atoms with Crippen molar-refractivity contribution in [3.05, 3.63) is 23.4 Å². The van der Waals surface area contributed by atoms with Crippen LogP contribution in [0.4, 0.5) is 0 Å². The van der Waals surface area contributed by atoms with Crippen LogP contribution in [0.2, 0.25) is 0 Å². The summed E-state index contributed by atoms with van der Waals surface area (Å²) in [4.78, 5) is 4.30. The topological polar surface area (TPSA) is 55.1 Å². The van der Waals surface area contributed by atoms with Crippen molar-refractivity contribution >= 4 is 12.7 Å². The minimum absolute atomic E-state index is 0.392. The van der Waals surface area contributed by atoms with Crippen molar-refractivity contribution in [1.29, 1.82) is 5.26 Å². The summed E-state index contributed by atoms with van der Waals surface area (Å²) >= 11 is 0. The number of hydrogen-bond donors (Lipinski definition) is 0. The van der Waals surface area contributed by atoms with E-state index in [1.807, 2.05) is 34.6 Å². The summed E-state index contributed by atoms with van der Waals surface area (Å²) in [6, 6.07) is 3.88. The van der Waals surface area contributed by atoms with Crippen LogP contribution in [0.3, 0.4) is 0 Å². The monoisotopic (exact) mass is 244 g/mol. The maximum Gasteiger partial charge on any atom is 0.514 e. The van der Waals surface area contributed by atoms with Gasteiger partial charge in [-0.25, -0.2) is 0 Å². The Kier molecular flexibility index (Phi) is 2.96. The Hall–Kier alpha value is -1.38. The molecule has 0 aromatic carbocycles. The maximum absolute atomic E-state index is 9.03. The first-order valence-corrected chi connectivity index (χ1v) is 5.99. The summed E-state index contributed by atoms with van der Waals surface area (Å²) in [6.45, 7) is 9.83. The lowest BCUT2D eigenvalue weighted by Gasteiger charge is -2.32. The summed E-state index contributed by atoms with van der Waals surface area (Å²) in [5, 5.41) is 9.03. The van der Waals surface area contributed by atoms with Gasteiger partial charge in [0, 0.05) is 6.20 Å². The minimum Gasteiger partial charge on any atom is -0.398 e. The smallest absolute Gasteiger partial charge is 0.398 e. The Balaban J connectivity index is 2.33. The molecule has 1 fully saturated rings. The van der Waals surface area contributed by atoms with Crippen molar-refractivity contribution in [3.8, 4) is 6.07 Å². The highest BCUT2D eigenvalue weighted by Gasteiger charge is 2.52. The van der Waals surface area contributed by atoms with Crippen LogP contribution in [0.15, 0.2) is 12.3 Å². The molecule has 0 atom stereocenters. The molecule has 0 unspecified atom stereocenters.